The van der Waals surface area contributed by atoms with Gasteiger partial charge in [-0.25, -0.2) is 0 Å². The Morgan fingerprint density at radius 1 is 0.960 bits per heavy atom. The Kier molecular flexibility index (Phi) is 5.09. The van der Waals surface area contributed by atoms with Gasteiger partial charge in [0.25, 0.3) is 0 Å². The van der Waals surface area contributed by atoms with Crippen molar-refractivity contribution in [2.75, 3.05) is 10.6 Å². The SMILES string of the molecule is Cc1ccc(NC(=S)Nc2cccc3ccccc23)c(OC(F)F)c1. The Balaban J connectivity index is 1.81. The minimum Gasteiger partial charge on any atom is -0.433 e. The van der Waals surface area contributed by atoms with Crippen LogP contribution in [0.4, 0.5) is 20.2 Å². The number of benzene rings is 3. The second-order valence-electron chi connectivity index (χ2n) is 5.48. The average molecular weight is 358 g/mol. The molecule has 128 valence electrons. The van der Waals surface area contributed by atoms with E-state index in [0.29, 0.717) is 10.8 Å². The molecule has 6 heteroatoms. The van der Waals surface area contributed by atoms with Crippen LogP contribution in [0.1, 0.15) is 5.56 Å². The van der Waals surface area contributed by atoms with Crippen LogP contribution >= 0.6 is 12.2 Å². The van der Waals surface area contributed by atoms with Gasteiger partial charge in [-0.3, -0.25) is 0 Å². The quantitative estimate of drug-likeness (QED) is 0.598. The van der Waals surface area contributed by atoms with Crippen LogP contribution in [-0.4, -0.2) is 11.7 Å². The number of fused-ring (bicyclic) bond motifs is 1. The summed E-state index contributed by atoms with van der Waals surface area (Å²) in [6, 6.07) is 18.7. The van der Waals surface area contributed by atoms with E-state index in [1.54, 1.807) is 19.1 Å². The zero-order valence-electron chi connectivity index (χ0n) is 13.4. The molecule has 3 aromatic rings. The molecule has 3 rings (SSSR count). The third-order valence-corrected chi connectivity index (χ3v) is 3.84. The van der Waals surface area contributed by atoms with Crippen molar-refractivity contribution in [3.8, 4) is 5.75 Å². The number of anilines is 2. The summed E-state index contributed by atoms with van der Waals surface area (Å²) < 4.78 is 29.7. The van der Waals surface area contributed by atoms with E-state index in [1.165, 1.54) is 6.07 Å². The van der Waals surface area contributed by atoms with Gasteiger partial charge in [0.05, 0.1) is 5.69 Å². The van der Waals surface area contributed by atoms with Gasteiger partial charge in [-0.05, 0) is 48.3 Å². The molecule has 0 aromatic heterocycles. The normalized spacial score (nSPS) is 10.7. The first-order chi connectivity index (χ1) is 12.0. The standard InChI is InChI=1S/C19H16F2N2OS/c1-12-9-10-16(17(11-12)24-18(20)21)23-19(25)22-15-8-4-6-13-5-2-3-7-14(13)15/h2-11,18H,1H3,(H2,22,23,25). The lowest BCUT2D eigenvalue weighted by molar-refractivity contribution is -0.0493. The lowest BCUT2D eigenvalue weighted by atomic mass is 10.1. The maximum absolute atomic E-state index is 12.6. The summed E-state index contributed by atoms with van der Waals surface area (Å²) in [5.41, 5.74) is 2.02. The topological polar surface area (TPSA) is 33.3 Å². The number of aryl methyl sites for hydroxylation is 1. The summed E-state index contributed by atoms with van der Waals surface area (Å²) in [7, 11) is 0. The van der Waals surface area contributed by atoms with E-state index < -0.39 is 6.61 Å². The summed E-state index contributed by atoms with van der Waals surface area (Å²) in [5, 5.41) is 8.41. The molecule has 3 nitrogen and oxygen atoms in total. The summed E-state index contributed by atoms with van der Waals surface area (Å²) in [4.78, 5) is 0. The molecule has 0 saturated carbocycles. The Morgan fingerprint density at radius 2 is 1.68 bits per heavy atom. The van der Waals surface area contributed by atoms with Crippen molar-refractivity contribution in [2.24, 2.45) is 0 Å². The predicted molar refractivity (Wildman–Crippen MR) is 102 cm³/mol. The molecule has 0 aliphatic heterocycles. The second kappa shape index (κ2) is 7.44. The van der Waals surface area contributed by atoms with Crippen molar-refractivity contribution >= 4 is 39.5 Å². The highest BCUT2D eigenvalue weighted by atomic mass is 32.1. The third kappa shape index (κ3) is 4.22. The van der Waals surface area contributed by atoms with Crippen LogP contribution in [0.2, 0.25) is 0 Å². The Bertz CT molecular complexity index is 910. The molecular formula is C19H16F2N2OS. The van der Waals surface area contributed by atoms with Crippen LogP contribution in [0.15, 0.2) is 60.7 Å². The van der Waals surface area contributed by atoms with Crippen LogP contribution in [0, 0.1) is 6.92 Å². The number of halogens is 2. The fourth-order valence-corrected chi connectivity index (χ4v) is 2.76. The summed E-state index contributed by atoms with van der Waals surface area (Å²) in [6.07, 6.45) is 0. The Labute approximate surface area is 149 Å². The van der Waals surface area contributed by atoms with Crippen LogP contribution < -0.4 is 15.4 Å². The average Bonchev–Trinajstić information content (AvgIpc) is 2.57. The molecule has 0 bridgehead atoms. The molecule has 0 saturated heterocycles. The van der Waals surface area contributed by atoms with Crippen molar-refractivity contribution in [3.05, 3.63) is 66.2 Å². The van der Waals surface area contributed by atoms with Gasteiger partial charge in [-0.15, -0.1) is 0 Å². The van der Waals surface area contributed by atoms with Gasteiger partial charge in [-0.2, -0.15) is 8.78 Å². The molecule has 0 unspecified atom stereocenters. The van der Waals surface area contributed by atoms with Gasteiger partial charge in [0.2, 0.25) is 0 Å². The zero-order valence-corrected chi connectivity index (χ0v) is 14.2. The van der Waals surface area contributed by atoms with Gasteiger partial charge < -0.3 is 15.4 Å². The molecule has 0 aliphatic rings. The number of alkyl halides is 2. The fourth-order valence-electron chi connectivity index (χ4n) is 2.54. The van der Waals surface area contributed by atoms with Crippen molar-refractivity contribution in [3.63, 3.8) is 0 Å². The lowest BCUT2D eigenvalue weighted by Gasteiger charge is -2.16. The largest absolute Gasteiger partial charge is 0.433 e. The molecule has 0 aliphatic carbocycles. The summed E-state index contributed by atoms with van der Waals surface area (Å²) in [6.45, 7) is -1.10. The van der Waals surface area contributed by atoms with E-state index in [-0.39, 0.29) is 5.75 Å². The van der Waals surface area contributed by atoms with Crippen LogP contribution in [0.25, 0.3) is 10.8 Å². The summed E-state index contributed by atoms with van der Waals surface area (Å²) >= 11 is 5.32. The zero-order chi connectivity index (χ0) is 17.8. The van der Waals surface area contributed by atoms with Crippen molar-refractivity contribution in [2.45, 2.75) is 13.5 Å². The maximum Gasteiger partial charge on any atom is 0.387 e. The van der Waals surface area contributed by atoms with Crippen LogP contribution in [0.5, 0.6) is 5.75 Å². The molecule has 0 heterocycles. The fraction of sp³-hybridized carbons (Fsp3) is 0.105. The van der Waals surface area contributed by atoms with Crippen molar-refractivity contribution < 1.29 is 13.5 Å². The van der Waals surface area contributed by atoms with E-state index in [9.17, 15) is 8.78 Å². The maximum atomic E-state index is 12.6. The number of hydrogen-bond donors (Lipinski definition) is 2. The first-order valence-electron chi connectivity index (χ1n) is 7.64. The van der Waals surface area contributed by atoms with Gasteiger partial charge in [0.15, 0.2) is 5.11 Å². The third-order valence-electron chi connectivity index (χ3n) is 3.64. The van der Waals surface area contributed by atoms with Crippen molar-refractivity contribution in [1.82, 2.24) is 0 Å². The summed E-state index contributed by atoms with van der Waals surface area (Å²) in [5.74, 6) is 0.0528. The van der Waals surface area contributed by atoms with Gasteiger partial charge in [-0.1, -0.05) is 42.5 Å². The van der Waals surface area contributed by atoms with Crippen LogP contribution in [0.3, 0.4) is 0 Å². The first kappa shape index (κ1) is 17.1. The molecule has 0 amide bonds. The minimum absolute atomic E-state index is 0.0528. The molecule has 0 radical (unpaired) electrons. The molecule has 2 N–H and O–H groups in total. The van der Waals surface area contributed by atoms with Gasteiger partial charge in [0, 0.05) is 11.1 Å². The molecule has 0 atom stereocenters. The Hall–Kier alpha value is -2.73. The van der Waals surface area contributed by atoms with E-state index in [1.807, 2.05) is 42.5 Å². The number of nitrogens with one attached hydrogen (secondary N) is 2. The number of hydrogen-bond acceptors (Lipinski definition) is 2. The van der Waals surface area contributed by atoms with Gasteiger partial charge in [0.1, 0.15) is 5.75 Å². The van der Waals surface area contributed by atoms with E-state index in [4.69, 9.17) is 12.2 Å². The highest BCUT2D eigenvalue weighted by Crippen LogP contribution is 2.28. The highest BCUT2D eigenvalue weighted by molar-refractivity contribution is 7.80. The minimum atomic E-state index is -2.90. The molecule has 3 aromatic carbocycles. The van der Waals surface area contributed by atoms with Gasteiger partial charge >= 0.3 is 6.61 Å². The smallest absolute Gasteiger partial charge is 0.387 e. The molecule has 0 spiro atoms. The van der Waals surface area contributed by atoms with Crippen molar-refractivity contribution in [1.29, 1.82) is 0 Å². The molecular weight excluding hydrogens is 342 g/mol. The second-order valence-corrected chi connectivity index (χ2v) is 5.89. The monoisotopic (exact) mass is 358 g/mol. The lowest BCUT2D eigenvalue weighted by Crippen LogP contribution is -2.20. The number of rotatable bonds is 4. The number of ether oxygens (including phenoxy) is 1. The highest BCUT2D eigenvalue weighted by Gasteiger charge is 2.11. The Morgan fingerprint density at radius 3 is 2.48 bits per heavy atom. The number of thiocarbonyl (C=S) groups is 1. The van der Waals surface area contributed by atoms with E-state index >= 15 is 0 Å². The molecule has 0 fully saturated rings. The first-order valence-corrected chi connectivity index (χ1v) is 8.05. The van der Waals surface area contributed by atoms with E-state index in [0.717, 1.165) is 22.0 Å². The van der Waals surface area contributed by atoms with Crippen LogP contribution in [-0.2, 0) is 0 Å². The predicted octanol–water partition coefficient (Wildman–Crippen LogP) is 5.56. The van der Waals surface area contributed by atoms with E-state index in [2.05, 4.69) is 15.4 Å². The molecule has 25 heavy (non-hydrogen) atoms.